The first kappa shape index (κ1) is 15.1. The molecule has 1 unspecified atom stereocenters. The van der Waals surface area contributed by atoms with Crippen LogP contribution < -0.4 is 11.1 Å². The normalized spacial score (nSPS) is 12.6. The fourth-order valence-corrected chi connectivity index (χ4v) is 1.60. The molecule has 0 saturated heterocycles. The molecule has 4 nitrogen and oxygen atoms in total. The number of rotatable bonds is 4. The molecule has 1 aromatic carbocycles. The summed E-state index contributed by atoms with van der Waals surface area (Å²) in [6.45, 7) is 2.56. The Morgan fingerprint density at radius 1 is 1.44 bits per heavy atom. The van der Waals surface area contributed by atoms with Crippen LogP contribution in [0.4, 0.5) is 5.69 Å². The minimum atomic E-state index is -0.214. The van der Waals surface area contributed by atoms with Gasteiger partial charge in [-0.1, -0.05) is 23.2 Å². The van der Waals surface area contributed by atoms with Crippen LogP contribution in [-0.2, 0) is 0 Å². The average molecular weight is 290 g/mol. The molecule has 6 heteroatoms. The molecule has 1 rings (SSSR count). The van der Waals surface area contributed by atoms with Gasteiger partial charge in [-0.05, 0) is 33.2 Å². The highest BCUT2D eigenvalue weighted by Crippen LogP contribution is 2.29. The lowest BCUT2D eigenvalue weighted by atomic mass is 10.2. The number of halogens is 2. The number of nitrogens with two attached hydrogens (primary N) is 1. The standard InChI is InChI=1S/C12H17Cl2N3O/c1-7(17(2)3)6-16-12(18)8-4-9(13)11(14)10(15)5-8/h4-5,7H,6,15H2,1-3H3,(H,16,18). The average Bonchev–Trinajstić information content (AvgIpc) is 2.31. The minimum absolute atomic E-state index is 0.214. The highest BCUT2D eigenvalue weighted by atomic mass is 35.5. The number of hydrogen-bond donors (Lipinski definition) is 2. The van der Waals surface area contributed by atoms with Crippen LogP contribution in [0.15, 0.2) is 12.1 Å². The van der Waals surface area contributed by atoms with Gasteiger partial charge in [0, 0.05) is 18.2 Å². The lowest BCUT2D eigenvalue weighted by Crippen LogP contribution is -2.38. The number of nitrogen functional groups attached to an aromatic ring is 1. The van der Waals surface area contributed by atoms with Gasteiger partial charge < -0.3 is 16.0 Å². The molecule has 0 saturated carbocycles. The van der Waals surface area contributed by atoms with Crippen molar-refractivity contribution in [1.29, 1.82) is 0 Å². The molecular formula is C12H17Cl2N3O. The summed E-state index contributed by atoms with van der Waals surface area (Å²) in [5, 5.41) is 3.37. The number of amides is 1. The van der Waals surface area contributed by atoms with Crippen LogP contribution in [0.3, 0.4) is 0 Å². The third-order valence-corrected chi connectivity index (χ3v) is 3.57. The van der Waals surface area contributed by atoms with Crippen molar-refractivity contribution >= 4 is 34.8 Å². The highest BCUT2D eigenvalue weighted by molar-refractivity contribution is 6.43. The van der Waals surface area contributed by atoms with Crippen LogP contribution in [0.1, 0.15) is 17.3 Å². The minimum Gasteiger partial charge on any atom is -0.397 e. The molecule has 0 spiro atoms. The van der Waals surface area contributed by atoms with Crippen LogP contribution in [0.25, 0.3) is 0 Å². The summed E-state index contributed by atoms with van der Waals surface area (Å²) in [6, 6.07) is 3.27. The van der Waals surface area contributed by atoms with E-state index >= 15 is 0 Å². The Morgan fingerprint density at radius 3 is 2.56 bits per heavy atom. The van der Waals surface area contributed by atoms with E-state index in [2.05, 4.69) is 5.32 Å². The summed E-state index contributed by atoms with van der Waals surface area (Å²) in [5.74, 6) is -0.214. The van der Waals surface area contributed by atoms with Gasteiger partial charge in [0.1, 0.15) is 0 Å². The topological polar surface area (TPSA) is 58.4 Å². The Labute approximate surface area is 117 Å². The second-order valence-electron chi connectivity index (χ2n) is 4.38. The number of anilines is 1. The third-order valence-electron chi connectivity index (χ3n) is 2.76. The maximum Gasteiger partial charge on any atom is 0.251 e. The number of nitrogens with one attached hydrogen (secondary N) is 1. The number of nitrogens with zero attached hydrogens (tertiary/aromatic N) is 1. The zero-order valence-electron chi connectivity index (χ0n) is 10.6. The van der Waals surface area contributed by atoms with Crippen molar-refractivity contribution in [2.45, 2.75) is 13.0 Å². The molecule has 0 fully saturated rings. The zero-order chi connectivity index (χ0) is 13.9. The number of carbonyl (C=O) groups excluding carboxylic acids is 1. The summed E-state index contributed by atoms with van der Waals surface area (Å²) < 4.78 is 0. The molecule has 0 bridgehead atoms. The van der Waals surface area contributed by atoms with Crippen LogP contribution in [-0.4, -0.2) is 37.5 Å². The van der Waals surface area contributed by atoms with Gasteiger partial charge in [-0.2, -0.15) is 0 Å². The summed E-state index contributed by atoms with van der Waals surface area (Å²) >= 11 is 11.7. The Balaban J connectivity index is 2.73. The van der Waals surface area contributed by atoms with Gasteiger partial charge >= 0.3 is 0 Å². The van der Waals surface area contributed by atoms with Crippen LogP contribution >= 0.6 is 23.2 Å². The first-order valence-electron chi connectivity index (χ1n) is 5.52. The Morgan fingerprint density at radius 2 is 2.06 bits per heavy atom. The highest BCUT2D eigenvalue weighted by Gasteiger charge is 2.12. The lowest BCUT2D eigenvalue weighted by molar-refractivity contribution is 0.0943. The molecule has 0 aliphatic carbocycles. The Hall–Kier alpha value is -0.970. The molecule has 1 aromatic rings. The van der Waals surface area contributed by atoms with Gasteiger partial charge in [-0.3, -0.25) is 4.79 Å². The summed E-state index contributed by atoms with van der Waals surface area (Å²) in [4.78, 5) is 13.9. The summed E-state index contributed by atoms with van der Waals surface area (Å²) in [7, 11) is 3.90. The van der Waals surface area contributed by atoms with Crippen molar-refractivity contribution < 1.29 is 4.79 Å². The van der Waals surface area contributed by atoms with Crippen molar-refractivity contribution in [3.05, 3.63) is 27.7 Å². The van der Waals surface area contributed by atoms with Gasteiger partial charge in [-0.15, -0.1) is 0 Å². The van der Waals surface area contributed by atoms with E-state index in [4.69, 9.17) is 28.9 Å². The van der Waals surface area contributed by atoms with E-state index in [1.807, 2.05) is 25.9 Å². The second-order valence-corrected chi connectivity index (χ2v) is 5.17. The monoisotopic (exact) mass is 289 g/mol. The van der Waals surface area contributed by atoms with Crippen LogP contribution in [0.5, 0.6) is 0 Å². The van der Waals surface area contributed by atoms with E-state index in [1.54, 1.807) is 0 Å². The fourth-order valence-electron chi connectivity index (χ4n) is 1.27. The molecule has 100 valence electrons. The van der Waals surface area contributed by atoms with Crippen molar-refractivity contribution in [3.8, 4) is 0 Å². The molecule has 0 radical (unpaired) electrons. The van der Waals surface area contributed by atoms with Gasteiger partial charge in [0.05, 0.1) is 15.7 Å². The number of likely N-dealkylation sites (N-methyl/N-ethyl adjacent to an activating group) is 1. The van der Waals surface area contributed by atoms with Gasteiger partial charge in [0.15, 0.2) is 0 Å². The van der Waals surface area contributed by atoms with E-state index in [0.29, 0.717) is 17.8 Å². The van der Waals surface area contributed by atoms with E-state index in [-0.39, 0.29) is 22.0 Å². The van der Waals surface area contributed by atoms with Crippen molar-refractivity contribution in [2.24, 2.45) is 0 Å². The molecule has 0 aliphatic heterocycles. The largest absolute Gasteiger partial charge is 0.397 e. The van der Waals surface area contributed by atoms with E-state index in [1.165, 1.54) is 12.1 Å². The molecular weight excluding hydrogens is 273 g/mol. The molecule has 0 aromatic heterocycles. The second kappa shape index (κ2) is 6.27. The van der Waals surface area contributed by atoms with Gasteiger partial charge in [-0.25, -0.2) is 0 Å². The lowest BCUT2D eigenvalue weighted by Gasteiger charge is -2.20. The molecule has 0 aliphatic rings. The van der Waals surface area contributed by atoms with Crippen LogP contribution in [0, 0.1) is 0 Å². The van der Waals surface area contributed by atoms with Crippen molar-refractivity contribution in [3.63, 3.8) is 0 Å². The fraction of sp³-hybridized carbons (Fsp3) is 0.417. The number of carbonyl (C=O) groups is 1. The molecule has 1 atom stereocenters. The maximum absolute atomic E-state index is 11.9. The number of benzene rings is 1. The summed E-state index contributed by atoms with van der Waals surface area (Å²) in [6.07, 6.45) is 0. The van der Waals surface area contributed by atoms with E-state index in [9.17, 15) is 4.79 Å². The number of hydrogen-bond acceptors (Lipinski definition) is 3. The smallest absolute Gasteiger partial charge is 0.251 e. The van der Waals surface area contributed by atoms with Gasteiger partial charge in [0.2, 0.25) is 0 Å². The summed E-state index contributed by atoms with van der Waals surface area (Å²) in [5.41, 5.74) is 6.37. The predicted octanol–water partition coefficient (Wildman–Crippen LogP) is 2.26. The molecule has 1 amide bonds. The van der Waals surface area contributed by atoms with Gasteiger partial charge in [0.25, 0.3) is 5.91 Å². The Kier molecular flexibility index (Phi) is 5.26. The van der Waals surface area contributed by atoms with Crippen molar-refractivity contribution in [2.75, 3.05) is 26.4 Å². The van der Waals surface area contributed by atoms with Crippen LogP contribution in [0.2, 0.25) is 10.0 Å². The first-order valence-corrected chi connectivity index (χ1v) is 6.27. The molecule has 0 heterocycles. The van der Waals surface area contributed by atoms with Crippen molar-refractivity contribution in [1.82, 2.24) is 10.2 Å². The van der Waals surface area contributed by atoms with E-state index in [0.717, 1.165) is 0 Å². The molecule has 18 heavy (non-hydrogen) atoms. The Bertz CT molecular complexity index is 426. The first-order chi connectivity index (χ1) is 8.32. The predicted molar refractivity (Wildman–Crippen MR) is 76.4 cm³/mol. The quantitative estimate of drug-likeness (QED) is 0.836. The third kappa shape index (κ3) is 3.77. The molecule has 3 N–H and O–H groups in total. The zero-order valence-corrected chi connectivity index (χ0v) is 12.1. The maximum atomic E-state index is 11.9. The SMILES string of the molecule is CC(CNC(=O)c1cc(N)c(Cl)c(Cl)c1)N(C)C. The van der Waals surface area contributed by atoms with E-state index < -0.39 is 0 Å².